The SMILES string of the molecule is O=C(CCC1CCOCC1)NCc1ccccc1F. The van der Waals surface area contributed by atoms with Crippen LogP contribution in [0.25, 0.3) is 0 Å². The highest BCUT2D eigenvalue weighted by Gasteiger charge is 2.15. The van der Waals surface area contributed by atoms with Crippen molar-refractivity contribution in [2.45, 2.75) is 32.2 Å². The molecule has 1 aliphatic rings. The van der Waals surface area contributed by atoms with Crippen molar-refractivity contribution in [2.75, 3.05) is 13.2 Å². The van der Waals surface area contributed by atoms with Gasteiger partial charge in [-0.05, 0) is 31.2 Å². The molecule has 2 rings (SSSR count). The number of benzene rings is 1. The summed E-state index contributed by atoms with van der Waals surface area (Å²) in [6.45, 7) is 1.88. The van der Waals surface area contributed by atoms with Crippen molar-refractivity contribution in [1.29, 1.82) is 0 Å². The molecule has 0 bridgehead atoms. The van der Waals surface area contributed by atoms with E-state index in [1.807, 2.05) is 0 Å². The molecule has 4 heteroatoms. The summed E-state index contributed by atoms with van der Waals surface area (Å²) in [6, 6.07) is 6.51. The van der Waals surface area contributed by atoms with E-state index in [0.717, 1.165) is 32.5 Å². The van der Waals surface area contributed by atoms with E-state index in [-0.39, 0.29) is 18.3 Å². The van der Waals surface area contributed by atoms with Crippen molar-refractivity contribution < 1.29 is 13.9 Å². The second kappa shape index (κ2) is 7.24. The third-order valence-electron chi connectivity index (χ3n) is 3.55. The first-order valence-corrected chi connectivity index (χ1v) is 6.83. The number of carbonyl (C=O) groups is 1. The maximum atomic E-state index is 13.4. The summed E-state index contributed by atoms with van der Waals surface area (Å²) >= 11 is 0. The Bertz CT molecular complexity index is 416. The van der Waals surface area contributed by atoms with Crippen LogP contribution in [0, 0.1) is 11.7 Å². The van der Waals surface area contributed by atoms with Crippen molar-refractivity contribution in [2.24, 2.45) is 5.92 Å². The number of nitrogens with one attached hydrogen (secondary N) is 1. The normalized spacial score (nSPS) is 16.3. The largest absolute Gasteiger partial charge is 0.381 e. The van der Waals surface area contributed by atoms with Crippen LogP contribution in [0.5, 0.6) is 0 Å². The zero-order valence-electron chi connectivity index (χ0n) is 11.0. The highest BCUT2D eigenvalue weighted by Crippen LogP contribution is 2.19. The Balaban J connectivity index is 1.68. The highest BCUT2D eigenvalue weighted by molar-refractivity contribution is 5.75. The summed E-state index contributed by atoms with van der Waals surface area (Å²) in [5.41, 5.74) is 0.530. The third-order valence-corrected chi connectivity index (χ3v) is 3.55. The molecule has 1 saturated heterocycles. The Morgan fingerprint density at radius 1 is 1.32 bits per heavy atom. The van der Waals surface area contributed by atoms with Crippen LogP contribution in [0.1, 0.15) is 31.2 Å². The van der Waals surface area contributed by atoms with Gasteiger partial charge < -0.3 is 10.1 Å². The van der Waals surface area contributed by atoms with Crippen LogP contribution in [0.3, 0.4) is 0 Å². The minimum absolute atomic E-state index is 0.00487. The maximum absolute atomic E-state index is 13.4. The molecule has 104 valence electrons. The quantitative estimate of drug-likeness (QED) is 0.889. The van der Waals surface area contributed by atoms with E-state index in [1.165, 1.54) is 6.07 Å². The van der Waals surface area contributed by atoms with Gasteiger partial charge in [0, 0.05) is 31.7 Å². The molecule has 1 aromatic rings. The highest BCUT2D eigenvalue weighted by atomic mass is 19.1. The first kappa shape index (κ1) is 14.0. The van der Waals surface area contributed by atoms with Crippen LogP contribution in [0.15, 0.2) is 24.3 Å². The number of rotatable bonds is 5. The monoisotopic (exact) mass is 265 g/mol. The summed E-state index contributed by atoms with van der Waals surface area (Å²) in [5.74, 6) is 0.315. The first-order valence-electron chi connectivity index (χ1n) is 6.83. The molecule has 0 atom stereocenters. The number of ether oxygens (including phenoxy) is 1. The number of hydrogen-bond acceptors (Lipinski definition) is 2. The Morgan fingerprint density at radius 2 is 2.05 bits per heavy atom. The summed E-state index contributed by atoms with van der Waals surface area (Å²) in [4.78, 5) is 11.7. The van der Waals surface area contributed by atoms with Crippen molar-refractivity contribution >= 4 is 5.91 Å². The van der Waals surface area contributed by atoms with E-state index in [4.69, 9.17) is 4.74 Å². The molecule has 0 spiro atoms. The van der Waals surface area contributed by atoms with E-state index < -0.39 is 0 Å². The fourth-order valence-corrected chi connectivity index (χ4v) is 2.29. The smallest absolute Gasteiger partial charge is 0.220 e. The van der Waals surface area contributed by atoms with E-state index in [0.29, 0.717) is 17.9 Å². The van der Waals surface area contributed by atoms with Gasteiger partial charge in [0.25, 0.3) is 0 Å². The van der Waals surface area contributed by atoms with Crippen molar-refractivity contribution in [1.82, 2.24) is 5.32 Å². The van der Waals surface area contributed by atoms with Gasteiger partial charge in [0.2, 0.25) is 5.91 Å². The number of carbonyl (C=O) groups excluding carboxylic acids is 1. The van der Waals surface area contributed by atoms with Crippen molar-refractivity contribution in [3.8, 4) is 0 Å². The van der Waals surface area contributed by atoms with Crippen LogP contribution < -0.4 is 5.32 Å². The minimum Gasteiger partial charge on any atom is -0.381 e. The lowest BCUT2D eigenvalue weighted by Crippen LogP contribution is -2.24. The molecule has 1 fully saturated rings. The van der Waals surface area contributed by atoms with Gasteiger partial charge in [-0.15, -0.1) is 0 Å². The van der Waals surface area contributed by atoms with Crippen LogP contribution >= 0.6 is 0 Å². The van der Waals surface area contributed by atoms with Gasteiger partial charge in [-0.2, -0.15) is 0 Å². The van der Waals surface area contributed by atoms with Gasteiger partial charge in [0.1, 0.15) is 5.82 Å². The predicted octanol–water partition coefficient (Wildman–Crippen LogP) is 2.65. The number of halogens is 1. The van der Waals surface area contributed by atoms with E-state index in [9.17, 15) is 9.18 Å². The van der Waals surface area contributed by atoms with Crippen LogP contribution in [0.4, 0.5) is 4.39 Å². The zero-order valence-corrected chi connectivity index (χ0v) is 11.0. The molecule has 0 aliphatic carbocycles. The van der Waals surface area contributed by atoms with Gasteiger partial charge in [-0.3, -0.25) is 4.79 Å². The molecule has 1 amide bonds. The molecule has 0 aromatic heterocycles. The van der Waals surface area contributed by atoms with Crippen molar-refractivity contribution in [3.05, 3.63) is 35.6 Å². The lowest BCUT2D eigenvalue weighted by molar-refractivity contribution is -0.121. The molecule has 0 radical (unpaired) electrons. The lowest BCUT2D eigenvalue weighted by atomic mass is 9.95. The Hall–Kier alpha value is -1.42. The average molecular weight is 265 g/mol. The minimum atomic E-state index is -0.271. The van der Waals surface area contributed by atoms with E-state index >= 15 is 0 Å². The second-order valence-electron chi connectivity index (χ2n) is 4.96. The Labute approximate surface area is 113 Å². The molecule has 1 heterocycles. The fraction of sp³-hybridized carbons (Fsp3) is 0.533. The topological polar surface area (TPSA) is 38.3 Å². The fourth-order valence-electron chi connectivity index (χ4n) is 2.29. The van der Waals surface area contributed by atoms with Crippen LogP contribution in [0.2, 0.25) is 0 Å². The maximum Gasteiger partial charge on any atom is 0.220 e. The summed E-state index contributed by atoms with van der Waals surface area (Å²) < 4.78 is 18.6. The van der Waals surface area contributed by atoms with Crippen LogP contribution in [-0.2, 0) is 16.1 Å². The summed E-state index contributed by atoms with van der Waals surface area (Å²) in [5, 5.41) is 2.77. The van der Waals surface area contributed by atoms with E-state index in [2.05, 4.69) is 5.32 Å². The van der Waals surface area contributed by atoms with Crippen molar-refractivity contribution in [3.63, 3.8) is 0 Å². The summed E-state index contributed by atoms with van der Waals surface area (Å²) in [6.07, 6.45) is 3.49. The number of hydrogen-bond donors (Lipinski definition) is 1. The molecule has 3 nitrogen and oxygen atoms in total. The molecule has 19 heavy (non-hydrogen) atoms. The number of amides is 1. The molecule has 1 aromatic carbocycles. The van der Waals surface area contributed by atoms with E-state index in [1.54, 1.807) is 18.2 Å². The third kappa shape index (κ3) is 4.63. The van der Waals surface area contributed by atoms with Gasteiger partial charge in [-0.1, -0.05) is 18.2 Å². The molecule has 0 unspecified atom stereocenters. The lowest BCUT2D eigenvalue weighted by Gasteiger charge is -2.21. The summed E-state index contributed by atoms with van der Waals surface area (Å²) in [7, 11) is 0. The molecule has 1 N–H and O–H groups in total. The van der Waals surface area contributed by atoms with Crippen LogP contribution in [-0.4, -0.2) is 19.1 Å². The molecular formula is C15H20FNO2. The standard InChI is InChI=1S/C15H20FNO2/c16-14-4-2-1-3-13(14)11-17-15(18)6-5-12-7-9-19-10-8-12/h1-4,12H,5-11H2,(H,17,18). The molecule has 1 aliphatic heterocycles. The van der Waals surface area contributed by atoms with Gasteiger partial charge in [0.15, 0.2) is 0 Å². The first-order chi connectivity index (χ1) is 9.25. The van der Waals surface area contributed by atoms with Gasteiger partial charge in [-0.25, -0.2) is 4.39 Å². The molecule has 0 saturated carbocycles. The molecular weight excluding hydrogens is 245 g/mol. The average Bonchev–Trinajstić information content (AvgIpc) is 2.45. The Morgan fingerprint density at radius 3 is 2.79 bits per heavy atom. The zero-order chi connectivity index (χ0) is 13.5. The van der Waals surface area contributed by atoms with Gasteiger partial charge >= 0.3 is 0 Å². The second-order valence-corrected chi connectivity index (χ2v) is 4.96. The Kier molecular flexibility index (Phi) is 5.33. The predicted molar refractivity (Wildman–Crippen MR) is 71.0 cm³/mol. The van der Waals surface area contributed by atoms with Gasteiger partial charge in [0.05, 0.1) is 0 Å².